The van der Waals surface area contributed by atoms with Crippen molar-refractivity contribution in [2.45, 2.75) is 56.9 Å². The predicted octanol–water partition coefficient (Wildman–Crippen LogP) is 2.66. The third-order valence-corrected chi connectivity index (χ3v) is 6.20. The van der Waals surface area contributed by atoms with Crippen molar-refractivity contribution >= 4 is 16.0 Å². The van der Waals surface area contributed by atoms with Gasteiger partial charge in [-0.1, -0.05) is 26.8 Å². The predicted molar refractivity (Wildman–Crippen MR) is 97.6 cm³/mol. The molecule has 140 valence electrons. The molecule has 1 aliphatic heterocycles. The van der Waals surface area contributed by atoms with Gasteiger partial charge in [0.25, 0.3) is 0 Å². The van der Waals surface area contributed by atoms with Crippen LogP contribution in [0.2, 0.25) is 0 Å². The van der Waals surface area contributed by atoms with Gasteiger partial charge in [0.05, 0.1) is 10.5 Å². The van der Waals surface area contributed by atoms with Crippen LogP contribution in [0.25, 0.3) is 0 Å². The van der Waals surface area contributed by atoms with E-state index in [0.717, 1.165) is 38.9 Å². The third-order valence-electron chi connectivity index (χ3n) is 4.62. The van der Waals surface area contributed by atoms with Crippen LogP contribution in [0.3, 0.4) is 0 Å². The first-order valence-electron chi connectivity index (χ1n) is 8.86. The summed E-state index contributed by atoms with van der Waals surface area (Å²) in [5.41, 5.74) is 0.628. The van der Waals surface area contributed by atoms with Crippen molar-refractivity contribution < 1.29 is 18.3 Å². The number of carboxylic acid groups (broad SMARTS) is 1. The Kier molecular flexibility index (Phi) is 6.59. The quantitative estimate of drug-likeness (QED) is 0.773. The van der Waals surface area contributed by atoms with Crippen LogP contribution in [0.1, 0.15) is 61.9 Å². The number of sulfonamides is 1. The topological polar surface area (TPSA) is 86.7 Å². The lowest BCUT2D eigenvalue weighted by Crippen LogP contribution is -2.44. The van der Waals surface area contributed by atoms with Gasteiger partial charge >= 0.3 is 5.97 Å². The molecule has 1 aliphatic rings. The van der Waals surface area contributed by atoms with Gasteiger partial charge in [-0.05, 0) is 62.5 Å². The molecule has 6 nitrogen and oxygen atoms in total. The van der Waals surface area contributed by atoms with Gasteiger partial charge in [-0.15, -0.1) is 0 Å². The highest BCUT2D eigenvalue weighted by atomic mass is 32.2. The van der Waals surface area contributed by atoms with Crippen LogP contribution < -0.4 is 4.72 Å². The molecule has 1 saturated heterocycles. The standard InChI is InChI=1S/C18H28N2O4S/c1-4-9-20-10-7-15(8-11-20)19-25(23,24)17-12-14(18(21)22)5-6-16(17)13(2)3/h5-6,12-13,15,19H,4,7-11H2,1-3H3,(H,21,22). The van der Waals surface area contributed by atoms with Crippen molar-refractivity contribution in [3.63, 3.8) is 0 Å². The summed E-state index contributed by atoms with van der Waals surface area (Å²) in [4.78, 5) is 13.7. The highest BCUT2D eigenvalue weighted by Crippen LogP contribution is 2.26. The summed E-state index contributed by atoms with van der Waals surface area (Å²) in [6, 6.07) is 4.23. The maximum absolute atomic E-state index is 12.9. The van der Waals surface area contributed by atoms with Crippen molar-refractivity contribution in [1.82, 2.24) is 9.62 Å². The Morgan fingerprint density at radius 2 is 1.96 bits per heavy atom. The van der Waals surface area contributed by atoms with Gasteiger partial charge in [0.1, 0.15) is 0 Å². The van der Waals surface area contributed by atoms with Crippen LogP contribution in [-0.2, 0) is 10.0 Å². The Hall–Kier alpha value is -1.44. The van der Waals surface area contributed by atoms with Crippen LogP contribution >= 0.6 is 0 Å². The molecular weight excluding hydrogens is 340 g/mol. The zero-order valence-corrected chi connectivity index (χ0v) is 16.0. The Morgan fingerprint density at radius 3 is 2.48 bits per heavy atom. The van der Waals surface area contributed by atoms with E-state index >= 15 is 0 Å². The van der Waals surface area contributed by atoms with E-state index in [-0.39, 0.29) is 22.4 Å². The van der Waals surface area contributed by atoms with Crippen molar-refractivity contribution in [2.24, 2.45) is 0 Å². The van der Waals surface area contributed by atoms with E-state index < -0.39 is 16.0 Å². The van der Waals surface area contributed by atoms with Crippen LogP contribution in [-0.4, -0.2) is 50.1 Å². The number of hydrogen-bond acceptors (Lipinski definition) is 4. The molecule has 0 aliphatic carbocycles. The molecule has 0 bridgehead atoms. The second-order valence-electron chi connectivity index (χ2n) is 6.95. The van der Waals surface area contributed by atoms with E-state index in [0.29, 0.717) is 5.56 Å². The summed E-state index contributed by atoms with van der Waals surface area (Å²) < 4.78 is 28.6. The average Bonchev–Trinajstić information content (AvgIpc) is 2.56. The van der Waals surface area contributed by atoms with Gasteiger partial charge in [-0.25, -0.2) is 17.9 Å². The minimum Gasteiger partial charge on any atom is -0.478 e. The van der Waals surface area contributed by atoms with Crippen molar-refractivity contribution in [3.05, 3.63) is 29.3 Å². The fourth-order valence-corrected chi connectivity index (χ4v) is 4.95. The molecule has 0 atom stereocenters. The fraction of sp³-hybridized carbons (Fsp3) is 0.611. The number of nitrogens with one attached hydrogen (secondary N) is 1. The van der Waals surface area contributed by atoms with E-state index in [1.165, 1.54) is 12.1 Å². The van der Waals surface area contributed by atoms with Crippen molar-refractivity contribution in [1.29, 1.82) is 0 Å². The van der Waals surface area contributed by atoms with E-state index in [1.807, 2.05) is 13.8 Å². The largest absolute Gasteiger partial charge is 0.478 e. The fourth-order valence-electron chi connectivity index (χ4n) is 3.25. The zero-order valence-electron chi connectivity index (χ0n) is 15.2. The number of hydrogen-bond donors (Lipinski definition) is 2. The zero-order chi connectivity index (χ0) is 18.6. The summed E-state index contributed by atoms with van der Waals surface area (Å²) in [5.74, 6) is -1.14. The molecule has 1 aromatic rings. The number of piperidine rings is 1. The number of likely N-dealkylation sites (tertiary alicyclic amines) is 1. The van der Waals surface area contributed by atoms with E-state index in [2.05, 4.69) is 16.5 Å². The highest BCUT2D eigenvalue weighted by molar-refractivity contribution is 7.89. The molecule has 1 aromatic carbocycles. The second-order valence-corrected chi connectivity index (χ2v) is 8.63. The van der Waals surface area contributed by atoms with Gasteiger partial charge in [-0.3, -0.25) is 0 Å². The normalized spacial score (nSPS) is 17.1. The van der Waals surface area contributed by atoms with Crippen LogP contribution in [0.5, 0.6) is 0 Å². The van der Waals surface area contributed by atoms with E-state index in [4.69, 9.17) is 0 Å². The molecule has 1 fully saturated rings. The van der Waals surface area contributed by atoms with Gasteiger partial charge in [-0.2, -0.15) is 0 Å². The van der Waals surface area contributed by atoms with Crippen molar-refractivity contribution in [2.75, 3.05) is 19.6 Å². The molecule has 25 heavy (non-hydrogen) atoms. The average molecular weight is 368 g/mol. The number of rotatable bonds is 7. The number of benzene rings is 1. The summed E-state index contributed by atoms with van der Waals surface area (Å²) in [5, 5.41) is 9.18. The first-order chi connectivity index (χ1) is 11.7. The first-order valence-corrected chi connectivity index (χ1v) is 10.3. The Labute approximate surface area is 150 Å². The molecule has 2 N–H and O–H groups in total. The molecule has 0 amide bonds. The molecule has 0 aromatic heterocycles. The van der Waals surface area contributed by atoms with E-state index in [1.54, 1.807) is 6.07 Å². The Bertz CT molecular complexity index is 708. The van der Waals surface area contributed by atoms with E-state index in [9.17, 15) is 18.3 Å². The molecule has 0 spiro atoms. The lowest BCUT2D eigenvalue weighted by atomic mass is 10.0. The Balaban J connectivity index is 2.21. The van der Waals surface area contributed by atoms with Gasteiger partial charge in [0.2, 0.25) is 10.0 Å². The number of carboxylic acids is 1. The molecule has 2 rings (SSSR count). The first kappa shape index (κ1) is 19.9. The minimum atomic E-state index is -3.75. The second kappa shape index (κ2) is 8.29. The van der Waals surface area contributed by atoms with Crippen LogP contribution in [0.4, 0.5) is 0 Å². The summed E-state index contributed by atoms with van der Waals surface area (Å²) >= 11 is 0. The lowest BCUT2D eigenvalue weighted by molar-refractivity contribution is 0.0696. The summed E-state index contributed by atoms with van der Waals surface area (Å²) in [6.07, 6.45) is 2.64. The molecule has 1 heterocycles. The summed E-state index contributed by atoms with van der Waals surface area (Å²) in [6.45, 7) is 8.74. The number of nitrogens with zero attached hydrogens (tertiary/aromatic N) is 1. The van der Waals surface area contributed by atoms with Gasteiger partial charge in [0, 0.05) is 6.04 Å². The third kappa shape index (κ3) is 5.03. The number of aromatic carboxylic acids is 1. The van der Waals surface area contributed by atoms with Gasteiger partial charge < -0.3 is 10.0 Å². The molecular formula is C18H28N2O4S. The molecule has 0 radical (unpaired) electrons. The summed E-state index contributed by atoms with van der Waals surface area (Å²) in [7, 11) is -3.75. The molecule has 0 unspecified atom stereocenters. The molecule has 7 heteroatoms. The highest BCUT2D eigenvalue weighted by Gasteiger charge is 2.27. The maximum atomic E-state index is 12.9. The SMILES string of the molecule is CCCN1CCC(NS(=O)(=O)c2cc(C(=O)O)ccc2C(C)C)CC1. The smallest absolute Gasteiger partial charge is 0.335 e. The monoisotopic (exact) mass is 368 g/mol. The molecule has 0 saturated carbocycles. The maximum Gasteiger partial charge on any atom is 0.335 e. The Morgan fingerprint density at radius 1 is 1.32 bits per heavy atom. The van der Waals surface area contributed by atoms with Crippen LogP contribution in [0.15, 0.2) is 23.1 Å². The minimum absolute atomic E-state index is 0.0115. The number of carbonyl (C=O) groups is 1. The van der Waals surface area contributed by atoms with Crippen molar-refractivity contribution in [3.8, 4) is 0 Å². The lowest BCUT2D eigenvalue weighted by Gasteiger charge is -2.32. The van der Waals surface area contributed by atoms with Gasteiger partial charge in [0.15, 0.2) is 0 Å². The van der Waals surface area contributed by atoms with Crippen LogP contribution in [0, 0.1) is 0 Å².